The standard InChI is InChI=1S/C13H13ClN2/c1-3-7-16-12-6-5-10(4-2)8-11(12)15-13(16)9-14/h1,5-6,8H,4,7,9H2,2H3. The van der Waals surface area contributed by atoms with Crippen LogP contribution in [0.2, 0.25) is 0 Å². The molecule has 0 N–H and O–H groups in total. The number of nitrogens with zero attached hydrogens (tertiary/aromatic N) is 2. The summed E-state index contributed by atoms with van der Waals surface area (Å²) in [7, 11) is 0. The van der Waals surface area contributed by atoms with E-state index in [4.69, 9.17) is 18.0 Å². The van der Waals surface area contributed by atoms with Crippen LogP contribution >= 0.6 is 11.6 Å². The molecule has 2 aromatic rings. The molecule has 0 bridgehead atoms. The molecule has 0 aliphatic rings. The van der Waals surface area contributed by atoms with Gasteiger partial charge in [0.15, 0.2) is 0 Å². The van der Waals surface area contributed by atoms with Gasteiger partial charge in [-0.15, -0.1) is 18.0 Å². The van der Waals surface area contributed by atoms with Gasteiger partial charge in [0, 0.05) is 0 Å². The fraction of sp³-hybridized carbons (Fsp3) is 0.308. The Labute approximate surface area is 100 Å². The van der Waals surface area contributed by atoms with Gasteiger partial charge in [-0.05, 0) is 24.1 Å². The summed E-state index contributed by atoms with van der Waals surface area (Å²) in [5, 5.41) is 0. The molecule has 0 fully saturated rings. The zero-order valence-electron chi connectivity index (χ0n) is 9.20. The Hall–Kier alpha value is -1.46. The molecule has 0 spiro atoms. The second-order valence-corrected chi connectivity index (χ2v) is 3.90. The second kappa shape index (κ2) is 4.59. The smallest absolute Gasteiger partial charge is 0.125 e. The first-order valence-electron chi connectivity index (χ1n) is 5.27. The highest BCUT2D eigenvalue weighted by molar-refractivity contribution is 6.16. The molecule has 16 heavy (non-hydrogen) atoms. The van der Waals surface area contributed by atoms with E-state index in [1.807, 2.05) is 4.57 Å². The van der Waals surface area contributed by atoms with E-state index in [1.54, 1.807) is 0 Å². The topological polar surface area (TPSA) is 17.8 Å². The summed E-state index contributed by atoms with van der Waals surface area (Å²) < 4.78 is 1.99. The summed E-state index contributed by atoms with van der Waals surface area (Å²) in [4.78, 5) is 4.49. The molecule has 0 saturated heterocycles. The fourth-order valence-electron chi connectivity index (χ4n) is 1.81. The lowest BCUT2D eigenvalue weighted by molar-refractivity contribution is 0.815. The van der Waals surface area contributed by atoms with Gasteiger partial charge in [0.05, 0.1) is 23.5 Å². The van der Waals surface area contributed by atoms with Crippen LogP contribution in [0, 0.1) is 12.3 Å². The lowest BCUT2D eigenvalue weighted by atomic mass is 10.1. The highest BCUT2D eigenvalue weighted by atomic mass is 35.5. The lowest BCUT2D eigenvalue weighted by Gasteiger charge is -2.02. The third kappa shape index (κ3) is 1.79. The molecule has 1 aromatic carbocycles. The minimum absolute atomic E-state index is 0.387. The molecule has 0 atom stereocenters. The molecular weight excluding hydrogens is 220 g/mol. The van der Waals surface area contributed by atoms with Crippen LogP contribution in [0.3, 0.4) is 0 Å². The summed E-state index contributed by atoms with van der Waals surface area (Å²) in [6.45, 7) is 2.64. The van der Waals surface area contributed by atoms with Gasteiger partial charge < -0.3 is 4.57 Å². The Morgan fingerprint density at radius 3 is 2.94 bits per heavy atom. The predicted octanol–water partition coefficient (Wildman–Crippen LogP) is 2.97. The summed E-state index contributed by atoms with van der Waals surface area (Å²) in [5.74, 6) is 3.85. The van der Waals surface area contributed by atoms with Crippen LogP contribution in [0.5, 0.6) is 0 Å². The number of imidazole rings is 1. The molecule has 1 heterocycles. The molecule has 0 aliphatic carbocycles. The van der Waals surface area contributed by atoms with Crippen molar-refractivity contribution in [2.75, 3.05) is 0 Å². The normalized spacial score (nSPS) is 10.6. The van der Waals surface area contributed by atoms with Crippen molar-refractivity contribution in [2.24, 2.45) is 0 Å². The summed E-state index contributed by atoms with van der Waals surface area (Å²) in [6.07, 6.45) is 6.36. The maximum atomic E-state index is 5.86. The fourth-order valence-corrected chi connectivity index (χ4v) is 2.02. The molecule has 2 nitrogen and oxygen atoms in total. The van der Waals surface area contributed by atoms with Crippen LogP contribution in [0.4, 0.5) is 0 Å². The van der Waals surface area contributed by atoms with E-state index in [0.717, 1.165) is 23.3 Å². The van der Waals surface area contributed by atoms with E-state index in [-0.39, 0.29) is 0 Å². The average Bonchev–Trinajstić information content (AvgIpc) is 2.67. The first-order chi connectivity index (χ1) is 7.80. The highest BCUT2D eigenvalue weighted by Crippen LogP contribution is 2.19. The van der Waals surface area contributed by atoms with Gasteiger partial charge in [0.2, 0.25) is 0 Å². The quantitative estimate of drug-likeness (QED) is 0.588. The number of aromatic nitrogens is 2. The average molecular weight is 233 g/mol. The predicted molar refractivity (Wildman–Crippen MR) is 67.5 cm³/mol. The van der Waals surface area contributed by atoms with Gasteiger partial charge in [-0.1, -0.05) is 18.9 Å². The number of hydrogen-bond acceptors (Lipinski definition) is 1. The molecule has 3 heteroatoms. The van der Waals surface area contributed by atoms with E-state index in [2.05, 4.69) is 36.0 Å². The number of aryl methyl sites for hydroxylation is 1. The molecule has 0 saturated carbocycles. The monoisotopic (exact) mass is 232 g/mol. The number of hydrogen-bond donors (Lipinski definition) is 0. The number of rotatable bonds is 3. The van der Waals surface area contributed by atoms with Crippen LogP contribution in [-0.4, -0.2) is 9.55 Å². The van der Waals surface area contributed by atoms with Gasteiger partial charge in [0.25, 0.3) is 0 Å². The van der Waals surface area contributed by atoms with Crippen molar-refractivity contribution in [3.63, 3.8) is 0 Å². The number of alkyl halides is 1. The van der Waals surface area contributed by atoms with Crippen LogP contribution < -0.4 is 0 Å². The third-order valence-corrected chi connectivity index (χ3v) is 2.91. The zero-order chi connectivity index (χ0) is 11.5. The number of fused-ring (bicyclic) bond motifs is 1. The van der Waals surface area contributed by atoms with Crippen molar-refractivity contribution in [2.45, 2.75) is 25.8 Å². The van der Waals surface area contributed by atoms with E-state index in [0.29, 0.717) is 12.4 Å². The Balaban J connectivity index is 2.63. The van der Waals surface area contributed by atoms with Crippen molar-refractivity contribution in [1.82, 2.24) is 9.55 Å². The minimum Gasteiger partial charge on any atom is -0.315 e. The molecule has 0 radical (unpaired) electrons. The highest BCUT2D eigenvalue weighted by Gasteiger charge is 2.08. The summed E-state index contributed by atoms with van der Waals surface area (Å²) in [5.41, 5.74) is 3.31. The molecule has 0 aliphatic heterocycles. The van der Waals surface area contributed by atoms with Gasteiger partial charge in [-0.25, -0.2) is 4.98 Å². The Bertz CT molecular complexity index is 549. The SMILES string of the molecule is C#CCn1c(CCl)nc2cc(CC)ccc21. The third-order valence-electron chi connectivity index (χ3n) is 2.67. The van der Waals surface area contributed by atoms with Gasteiger partial charge in [-0.2, -0.15) is 0 Å². The Kier molecular flexibility index (Phi) is 3.17. The molecule has 0 amide bonds. The van der Waals surface area contributed by atoms with E-state index in [9.17, 15) is 0 Å². The first kappa shape index (κ1) is 11.0. The second-order valence-electron chi connectivity index (χ2n) is 3.63. The number of benzene rings is 1. The van der Waals surface area contributed by atoms with Crippen LogP contribution in [0.25, 0.3) is 11.0 Å². The van der Waals surface area contributed by atoms with E-state index >= 15 is 0 Å². The molecule has 2 rings (SSSR count). The lowest BCUT2D eigenvalue weighted by Crippen LogP contribution is -2.00. The van der Waals surface area contributed by atoms with Gasteiger partial charge in [-0.3, -0.25) is 0 Å². The first-order valence-corrected chi connectivity index (χ1v) is 5.81. The Morgan fingerprint density at radius 2 is 2.31 bits per heavy atom. The maximum Gasteiger partial charge on any atom is 0.125 e. The minimum atomic E-state index is 0.387. The Morgan fingerprint density at radius 1 is 1.50 bits per heavy atom. The summed E-state index contributed by atoms with van der Waals surface area (Å²) >= 11 is 5.86. The van der Waals surface area contributed by atoms with E-state index in [1.165, 1.54) is 5.56 Å². The number of halogens is 1. The summed E-state index contributed by atoms with van der Waals surface area (Å²) in [6, 6.07) is 6.27. The van der Waals surface area contributed by atoms with E-state index < -0.39 is 0 Å². The van der Waals surface area contributed by atoms with Crippen molar-refractivity contribution < 1.29 is 0 Å². The van der Waals surface area contributed by atoms with Gasteiger partial charge in [0.1, 0.15) is 5.82 Å². The number of terminal acetylenes is 1. The molecule has 0 unspecified atom stereocenters. The zero-order valence-corrected chi connectivity index (χ0v) is 9.96. The van der Waals surface area contributed by atoms with Crippen LogP contribution in [0.1, 0.15) is 18.3 Å². The maximum absolute atomic E-state index is 5.86. The van der Waals surface area contributed by atoms with Crippen molar-refractivity contribution in [3.05, 3.63) is 29.6 Å². The van der Waals surface area contributed by atoms with Crippen LogP contribution in [-0.2, 0) is 18.8 Å². The van der Waals surface area contributed by atoms with Gasteiger partial charge >= 0.3 is 0 Å². The largest absolute Gasteiger partial charge is 0.315 e. The van der Waals surface area contributed by atoms with Crippen molar-refractivity contribution >= 4 is 22.6 Å². The molecule has 1 aromatic heterocycles. The van der Waals surface area contributed by atoms with Crippen molar-refractivity contribution in [1.29, 1.82) is 0 Å². The van der Waals surface area contributed by atoms with Crippen LogP contribution in [0.15, 0.2) is 18.2 Å². The molecular formula is C13H13ClN2. The molecule has 82 valence electrons. The van der Waals surface area contributed by atoms with Crippen molar-refractivity contribution in [3.8, 4) is 12.3 Å².